The number of ether oxygens (including phenoxy) is 1. The van der Waals surface area contributed by atoms with Gasteiger partial charge in [-0.15, -0.1) is 0 Å². The first-order valence-corrected chi connectivity index (χ1v) is 14.3. The largest absolute Gasteiger partial charge is 0.444 e. The standard InChI is InChI=1S/C25H31N3O7S2/c1-18-12-13-20-22(36(30,31)28(6)17-16-27(5)24(29)34-25(2,3)4)15-14-21(23(20)26-18)35-37(32,33)19-10-8-7-9-11-19/h7-15H,16-17H2,1-6H3. The second-order valence-corrected chi connectivity index (χ2v) is 13.0. The van der Waals surface area contributed by atoms with Gasteiger partial charge in [0, 0.05) is 38.3 Å². The fourth-order valence-corrected chi connectivity index (χ4v) is 5.62. The third kappa shape index (κ3) is 6.76. The maximum Gasteiger partial charge on any atom is 0.410 e. The van der Waals surface area contributed by atoms with E-state index in [1.54, 1.807) is 58.0 Å². The van der Waals surface area contributed by atoms with E-state index in [0.29, 0.717) is 5.69 Å². The molecule has 0 radical (unpaired) electrons. The SMILES string of the molecule is Cc1ccc2c(S(=O)(=O)N(C)CCN(C)C(=O)OC(C)(C)C)ccc(OS(=O)(=O)c3ccccc3)c2n1. The van der Waals surface area contributed by atoms with E-state index in [1.165, 1.54) is 43.3 Å². The van der Waals surface area contributed by atoms with Crippen LogP contribution < -0.4 is 4.18 Å². The van der Waals surface area contributed by atoms with Crippen molar-refractivity contribution in [3.63, 3.8) is 0 Å². The number of likely N-dealkylation sites (N-methyl/N-ethyl adjacent to an activating group) is 2. The fraction of sp³-hybridized carbons (Fsp3) is 0.360. The first-order chi connectivity index (χ1) is 17.1. The second kappa shape index (κ2) is 10.6. The molecule has 0 fully saturated rings. The number of aryl methyl sites for hydroxylation is 1. The molecule has 0 aliphatic rings. The average Bonchev–Trinajstić information content (AvgIpc) is 2.81. The smallest absolute Gasteiger partial charge is 0.410 e. The average molecular weight is 550 g/mol. The number of aromatic nitrogens is 1. The van der Waals surface area contributed by atoms with Crippen molar-refractivity contribution in [2.24, 2.45) is 0 Å². The number of rotatable bonds is 8. The van der Waals surface area contributed by atoms with E-state index < -0.39 is 31.8 Å². The fourth-order valence-electron chi connectivity index (χ4n) is 3.32. The van der Waals surface area contributed by atoms with Crippen LogP contribution in [0.5, 0.6) is 5.75 Å². The van der Waals surface area contributed by atoms with Crippen molar-refractivity contribution in [1.29, 1.82) is 0 Å². The highest BCUT2D eigenvalue weighted by molar-refractivity contribution is 7.89. The predicted molar refractivity (Wildman–Crippen MR) is 139 cm³/mol. The topological polar surface area (TPSA) is 123 Å². The Hall–Kier alpha value is -3.22. The van der Waals surface area contributed by atoms with E-state index in [-0.39, 0.29) is 39.5 Å². The Morgan fingerprint density at radius 1 is 0.919 bits per heavy atom. The lowest BCUT2D eigenvalue weighted by Gasteiger charge is -2.26. The van der Waals surface area contributed by atoms with Crippen molar-refractivity contribution in [3.05, 3.63) is 60.3 Å². The first-order valence-electron chi connectivity index (χ1n) is 11.4. The van der Waals surface area contributed by atoms with Crippen LogP contribution in [-0.4, -0.2) is 69.9 Å². The van der Waals surface area contributed by atoms with Crippen molar-refractivity contribution >= 4 is 37.1 Å². The van der Waals surface area contributed by atoms with Gasteiger partial charge in [0.05, 0.1) is 4.90 Å². The Morgan fingerprint density at radius 3 is 2.19 bits per heavy atom. The van der Waals surface area contributed by atoms with Crippen LogP contribution in [0, 0.1) is 6.92 Å². The predicted octanol–water partition coefficient (Wildman–Crippen LogP) is 3.80. The van der Waals surface area contributed by atoms with Crippen LogP contribution in [0.4, 0.5) is 4.79 Å². The van der Waals surface area contributed by atoms with E-state index in [2.05, 4.69) is 4.98 Å². The number of carbonyl (C=O) groups is 1. The molecule has 0 bridgehead atoms. The van der Waals surface area contributed by atoms with Gasteiger partial charge in [-0.1, -0.05) is 18.2 Å². The number of benzene rings is 2. The molecule has 0 unspecified atom stereocenters. The van der Waals surface area contributed by atoms with Crippen LogP contribution in [0.1, 0.15) is 26.5 Å². The molecule has 0 spiro atoms. The van der Waals surface area contributed by atoms with Crippen LogP contribution in [0.3, 0.4) is 0 Å². The highest BCUT2D eigenvalue weighted by Crippen LogP contribution is 2.33. The Balaban J connectivity index is 1.92. The number of hydrogen-bond acceptors (Lipinski definition) is 8. The molecule has 0 saturated carbocycles. The zero-order valence-electron chi connectivity index (χ0n) is 21.6. The van der Waals surface area contributed by atoms with Gasteiger partial charge < -0.3 is 13.8 Å². The van der Waals surface area contributed by atoms with Gasteiger partial charge in [-0.3, -0.25) is 0 Å². The molecule has 200 valence electrons. The molecule has 10 nitrogen and oxygen atoms in total. The second-order valence-electron chi connectivity index (χ2n) is 9.49. The van der Waals surface area contributed by atoms with Gasteiger partial charge >= 0.3 is 16.2 Å². The molecule has 1 amide bonds. The van der Waals surface area contributed by atoms with Gasteiger partial charge in [0.1, 0.15) is 16.0 Å². The number of amides is 1. The Bertz CT molecular complexity index is 1500. The van der Waals surface area contributed by atoms with E-state index in [4.69, 9.17) is 8.92 Å². The molecule has 1 heterocycles. The van der Waals surface area contributed by atoms with Gasteiger partial charge in [0.15, 0.2) is 5.75 Å². The van der Waals surface area contributed by atoms with Gasteiger partial charge in [-0.2, -0.15) is 12.7 Å². The van der Waals surface area contributed by atoms with Crippen molar-refractivity contribution in [1.82, 2.24) is 14.2 Å². The van der Waals surface area contributed by atoms with Crippen LogP contribution in [-0.2, 0) is 24.9 Å². The number of pyridine rings is 1. The van der Waals surface area contributed by atoms with Gasteiger partial charge in [0.2, 0.25) is 10.0 Å². The Kier molecular flexibility index (Phi) is 8.15. The third-order valence-electron chi connectivity index (χ3n) is 5.29. The summed E-state index contributed by atoms with van der Waals surface area (Å²) in [5.74, 6) is -0.0891. The minimum Gasteiger partial charge on any atom is -0.444 e. The Labute approximate surface area is 218 Å². The molecule has 37 heavy (non-hydrogen) atoms. The molecule has 2 aromatic carbocycles. The molecular formula is C25H31N3O7S2. The molecule has 3 rings (SSSR count). The quantitative estimate of drug-likeness (QED) is 0.389. The van der Waals surface area contributed by atoms with Gasteiger partial charge in [-0.25, -0.2) is 18.2 Å². The minimum absolute atomic E-state index is 0.000499. The minimum atomic E-state index is -4.17. The molecular weight excluding hydrogens is 518 g/mol. The summed E-state index contributed by atoms with van der Waals surface area (Å²) in [7, 11) is -5.29. The summed E-state index contributed by atoms with van der Waals surface area (Å²) in [6.07, 6.45) is -0.565. The number of fused-ring (bicyclic) bond motifs is 1. The number of nitrogens with zero attached hydrogens (tertiary/aromatic N) is 3. The van der Waals surface area contributed by atoms with Crippen molar-refractivity contribution < 1.29 is 30.6 Å². The van der Waals surface area contributed by atoms with E-state index in [9.17, 15) is 21.6 Å². The van der Waals surface area contributed by atoms with Crippen LogP contribution >= 0.6 is 0 Å². The molecule has 0 aliphatic carbocycles. The number of carbonyl (C=O) groups excluding carboxylic acids is 1. The lowest BCUT2D eigenvalue weighted by atomic mass is 10.2. The number of hydrogen-bond donors (Lipinski definition) is 0. The molecule has 1 aromatic heterocycles. The summed E-state index contributed by atoms with van der Waals surface area (Å²) in [6.45, 7) is 7.03. The summed E-state index contributed by atoms with van der Waals surface area (Å²) >= 11 is 0. The summed E-state index contributed by atoms with van der Waals surface area (Å²) in [5.41, 5.74) is -0.0262. The Morgan fingerprint density at radius 2 is 1.57 bits per heavy atom. The lowest BCUT2D eigenvalue weighted by molar-refractivity contribution is 0.0294. The van der Waals surface area contributed by atoms with Crippen molar-refractivity contribution in [2.45, 2.75) is 43.1 Å². The van der Waals surface area contributed by atoms with Gasteiger partial charge in [-0.05, 0) is 64.1 Å². The van der Waals surface area contributed by atoms with Crippen molar-refractivity contribution in [2.75, 3.05) is 27.2 Å². The highest BCUT2D eigenvalue weighted by atomic mass is 32.2. The summed E-state index contributed by atoms with van der Waals surface area (Å²) < 4.78 is 64.3. The lowest BCUT2D eigenvalue weighted by Crippen LogP contribution is -2.39. The molecule has 3 aromatic rings. The molecule has 0 atom stereocenters. The maximum absolute atomic E-state index is 13.5. The first kappa shape index (κ1) is 28.4. The van der Waals surface area contributed by atoms with Crippen LogP contribution in [0.2, 0.25) is 0 Å². The zero-order chi connectivity index (χ0) is 27.6. The normalized spacial score (nSPS) is 12.5. The van der Waals surface area contributed by atoms with E-state index in [1.807, 2.05) is 0 Å². The van der Waals surface area contributed by atoms with Crippen LogP contribution in [0.15, 0.2) is 64.4 Å². The summed E-state index contributed by atoms with van der Waals surface area (Å²) in [6, 6.07) is 13.4. The van der Waals surface area contributed by atoms with E-state index >= 15 is 0 Å². The molecule has 0 aliphatic heterocycles. The number of sulfonamides is 1. The third-order valence-corrected chi connectivity index (χ3v) is 8.46. The summed E-state index contributed by atoms with van der Waals surface area (Å²) in [4.78, 5) is 17.8. The van der Waals surface area contributed by atoms with Crippen LogP contribution in [0.25, 0.3) is 10.9 Å². The molecule has 0 saturated heterocycles. The van der Waals surface area contributed by atoms with Gasteiger partial charge in [0.25, 0.3) is 0 Å². The summed E-state index contributed by atoms with van der Waals surface area (Å²) in [5, 5.41) is 0.207. The maximum atomic E-state index is 13.5. The zero-order valence-corrected chi connectivity index (χ0v) is 23.3. The monoisotopic (exact) mass is 549 g/mol. The highest BCUT2D eigenvalue weighted by Gasteiger charge is 2.27. The van der Waals surface area contributed by atoms with E-state index in [0.717, 1.165) is 4.31 Å². The molecule has 12 heteroatoms. The van der Waals surface area contributed by atoms with Crippen molar-refractivity contribution in [3.8, 4) is 5.75 Å². The molecule has 0 N–H and O–H groups in total.